The van der Waals surface area contributed by atoms with Crippen LogP contribution in [0.25, 0.3) is 0 Å². The van der Waals surface area contributed by atoms with Gasteiger partial charge in [0.05, 0.1) is 11.8 Å². The van der Waals surface area contributed by atoms with Crippen LogP contribution in [0.1, 0.15) is 49.8 Å². The first kappa shape index (κ1) is 27.6. The topological polar surface area (TPSA) is 114 Å². The Hall–Kier alpha value is -3.44. The number of imide groups is 1. The fourth-order valence-corrected chi connectivity index (χ4v) is 5.80. The van der Waals surface area contributed by atoms with Crippen molar-refractivity contribution in [2.75, 3.05) is 17.7 Å². The highest BCUT2D eigenvalue weighted by atomic mass is 19.4. The van der Waals surface area contributed by atoms with E-state index in [1.165, 1.54) is 18.1 Å². The lowest BCUT2D eigenvalue weighted by Gasteiger charge is -2.46. The molecule has 2 aromatic rings. The number of carbonyl (C=O) groups is 3. The molecule has 38 heavy (non-hydrogen) atoms. The Morgan fingerprint density at radius 2 is 1.89 bits per heavy atom. The number of pyridine rings is 1. The van der Waals surface area contributed by atoms with Gasteiger partial charge in [-0.3, -0.25) is 24.2 Å². The molecular formula is C26H33F3N6O3. The van der Waals surface area contributed by atoms with E-state index in [1.807, 2.05) is 0 Å². The number of carbonyl (C=O) groups excluding carboxylic acids is 3. The number of β-lactam (4-membered cyclic amide) rings is 1. The summed E-state index contributed by atoms with van der Waals surface area (Å²) in [6.07, 6.45) is 0.785. The summed E-state index contributed by atoms with van der Waals surface area (Å²) in [5.41, 5.74) is 7.11. The molecule has 1 aliphatic heterocycles. The van der Waals surface area contributed by atoms with Gasteiger partial charge in [-0.1, -0.05) is 19.3 Å². The smallest absolute Gasteiger partial charge is 0.384 e. The second kappa shape index (κ2) is 10.7. The van der Waals surface area contributed by atoms with Crippen LogP contribution in [0.4, 0.5) is 24.9 Å². The zero-order chi connectivity index (χ0) is 27.8. The molecule has 3 heterocycles. The molecule has 4 rings (SSSR count). The van der Waals surface area contributed by atoms with Gasteiger partial charge in [-0.25, -0.2) is 9.97 Å². The van der Waals surface area contributed by atoms with E-state index in [0.29, 0.717) is 36.9 Å². The predicted octanol–water partition coefficient (Wildman–Crippen LogP) is 3.41. The number of rotatable bonds is 7. The Bertz CT molecular complexity index is 1190. The largest absolute Gasteiger partial charge is 0.392 e. The molecule has 2 N–H and O–H groups in total. The highest BCUT2D eigenvalue weighted by Crippen LogP contribution is 2.43. The number of anilines is 2. The number of nitrogen functional groups attached to an aromatic ring is 1. The lowest BCUT2D eigenvalue weighted by Crippen LogP contribution is -2.69. The van der Waals surface area contributed by atoms with Crippen molar-refractivity contribution in [1.82, 2.24) is 19.4 Å². The van der Waals surface area contributed by atoms with E-state index < -0.39 is 54.1 Å². The number of aryl methyl sites for hydroxylation is 2. The third kappa shape index (κ3) is 5.53. The van der Waals surface area contributed by atoms with Crippen molar-refractivity contribution < 1.29 is 27.6 Å². The van der Waals surface area contributed by atoms with E-state index in [0.717, 1.165) is 11.3 Å². The van der Waals surface area contributed by atoms with Crippen molar-refractivity contribution >= 4 is 29.5 Å². The minimum absolute atomic E-state index is 0.0896. The van der Waals surface area contributed by atoms with E-state index in [4.69, 9.17) is 5.73 Å². The Morgan fingerprint density at radius 3 is 2.47 bits per heavy atom. The molecule has 0 spiro atoms. The van der Waals surface area contributed by atoms with Crippen molar-refractivity contribution in [1.29, 1.82) is 0 Å². The van der Waals surface area contributed by atoms with Gasteiger partial charge in [0.1, 0.15) is 11.9 Å². The van der Waals surface area contributed by atoms with E-state index in [9.17, 15) is 27.6 Å². The molecule has 2 aromatic heterocycles. The number of hydrogen-bond acceptors (Lipinski definition) is 6. The summed E-state index contributed by atoms with van der Waals surface area (Å²) in [5, 5.41) is 0. The Labute approximate surface area is 219 Å². The van der Waals surface area contributed by atoms with E-state index in [2.05, 4.69) is 9.97 Å². The van der Waals surface area contributed by atoms with Crippen LogP contribution in [0.3, 0.4) is 0 Å². The molecule has 0 radical (unpaired) electrons. The number of hydrogen-bond donors (Lipinski definition) is 1. The first-order chi connectivity index (χ1) is 17.9. The first-order valence-corrected chi connectivity index (χ1v) is 12.8. The van der Waals surface area contributed by atoms with Crippen LogP contribution in [-0.4, -0.2) is 56.4 Å². The molecule has 2 aliphatic rings. The van der Waals surface area contributed by atoms with Gasteiger partial charge >= 0.3 is 6.18 Å². The molecular weight excluding hydrogens is 501 g/mol. The average Bonchev–Trinajstić information content (AvgIpc) is 3.28. The van der Waals surface area contributed by atoms with Crippen LogP contribution in [0.2, 0.25) is 0 Å². The summed E-state index contributed by atoms with van der Waals surface area (Å²) < 4.78 is 43.7. The maximum absolute atomic E-state index is 14.0. The van der Waals surface area contributed by atoms with Gasteiger partial charge in [0.15, 0.2) is 0 Å². The van der Waals surface area contributed by atoms with Crippen LogP contribution >= 0.6 is 0 Å². The van der Waals surface area contributed by atoms with Crippen molar-refractivity contribution in [3.05, 3.63) is 35.8 Å². The van der Waals surface area contributed by atoms with Crippen LogP contribution < -0.4 is 10.6 Å². The second-order valence-electron chi connectivity index (χ2n) is 10.4. The van der Waals surface area contributed by atoms with Gasteiger partial charge in [0.2, 0.25) is 17.8 Å². The molecule has 12 heteroatoms. The van der Waals surface area contributed by atoms with Gasteiger partial charge in [0.25, 0.3) is 5.91 Å². The normalized spacial score (nSPS) is 21.2. The number of halogens is 3. The van der Waals surface area contributed by atoms with Gasteiger partial charge in [0, 0.05) is 38.6 Å². The minimum atomic E-state index is -4.58. The molecule has 0 bridgehead atoms. The van der Waals surface area contributed by atoms with Gasteiger partial charge in [-0.2, -0.15) is 13.2 Å². The van der Waals surface area contributed by atoms with Crippen molar-refractivity contribution in [3.8, 4) is 0 Å². The summed E-state index contributed by atoms with van der Waals surface area (Å²) in [6.45, 7) is 1.73. The summed E-state index contributed by atoms with van der Waals surface area (Å²) in [7, 11) is 3.14. The summed E-state index contributed by atoms with van der Waals surface area (Å²) in [6, 6.07) is 2.05. The third-order valence-corrected chi connectivity index (χ3v) is 7.68. The average molecular weight is 535 g/mol. The van der Waals surface area contributed by atoms with Crippen LogP contribution in [0, 0.1) is 24.7 Å². The molecule has 2 fully saturated rings. The fourth-order valence-electron chi connectivity index (χ4n) is 5.80. The highest BCUT2D eigenvalue weighted by Gasteiger charge is 2.56. The number of nitrogens with zero attached hydrogens (tertiary/aromatic N) is 5. The van der Waals surface area contributed by atoms with Crippen molar-refractivity contribution in [2.45, 2.75) is 64.1 Å². The van der Waals surface area contributed by atoms with Crippen LogP contribution in [0.5, 0.6) is 0 Å². The molecule has 1 saturated carbocycles. The first-order valence-electron chi connectivity index (χ1n) is 12.8. The summed E-state index contributed by atoms with van der Waals surface area (Å²) in [5.74, 6) is -5.19. The van der Waals surface area contributed by atoms with Gasteiger partial charge in [-0.05, 0) is 49.8 Å². The monoisotopic (exact) mass is 534 g/mol. The number of imidazole rings is 1. The molecule has 0 unspecified atom stereocenters. The number of nitrogens with two attached hydrogens (primary N) is 1. The predicted molar refractivity (Wildman–Crippen MR) is 134 cm³/mol. The molecule has 1 aliphatic carbocycles. The number of alkyl halides is 3. The maximum Gasteiger partial charge on any atom is 0.392 e. The van der Waals surface area contributed by atoms with Crippen LogP contribution in [0.15, 0.2) is 24.5 Å². The highest BCUT2D eigenvalue weighted by molar-refractivity contribution is 6.12. The molecule has 1 saturated heterocycles. The Kier molecular flexibility index (Phi) is 7.80. The maximum atomic E-state index is 14.0. The molecule has 9 nitrogen and oxygen atoms in total. The third-order valence-electron chi connectivity index (χ3n) is 7.68. The minimum Gasteiger partial charge on any atom is -0.384 e. The Morgan fingerprint density at radius 1 is 1.21 bits per heavy atom. The van der Waals surface area contributed by atoms with Crippen molar-refractivity contribution in [2.24, 2.45) is 24.8 Å². The fraction of sp³-hybridized carbons (Fsp3) is 0.577. The number of amides is 3. The molecule has 206 valence electrons. The summed E-state index contributed by atoms with van der Waals surface area (Å²) >= 11 is 0. The molecule has 3 atom stereocenters. The van der Waals surface area contributed by atoms with Gasteiger partial charge in [-0.15, -0.1) is 0 Å². The Balaban J connectivity index is 1.62. The summed E-state index contributed by atoms with van der Waals surface area (Å²) in [4.78, 5) is 50.4. The van der Waals surface area contributed by atoms with E-state index >= 15 is 0 Å². The lowest BCUT2D eigenvalue weighted by molar-refractivity contribution is -0.199. The van der Waals surface area contributed by atoms with Crippen LogP contribution in [-0.2, 0) is 27.9 Å². The number of likely N-dealkylation sites (tertiary alicyclic amines) is 1. The number of aromatic nitrogens is 3. The van der Waals surface area contributed by atoms with Gasteiger partial charge < -0.3 is 10.3 Å². The molecule has 0 aromatic carbocycles. The van der Waals surface area contributed by atoms with E-state index in [-0.39, 0.29) is 18.2 Å². The quantitative estimate of drug-likeness (QED) is 0.545. The van der Waals surface area contributed by atoms with E-state index in [1.54, 1.807) is 36.9 Å². The lowest BCUT2D eigenvalue weighted by atomic mass is 9.76. The standard InChI is InChI=1S/C26H33F3N6O3/c1-15-11-16(13-20(30)32-15)12-18-22(24(38)34(3)25-31-9-10-33(25)2)35(23(18)37)21(36)14-19(26(27,28)29)17-7-5-4-6-8-17/h9-11,13,17-19,22H,4-8,12,14H2,1-3H3,(H2,30,32)/t18-,19+,22+/m1/s1. The second-order valence-corrected chi connectivity index (χ2v) is 10.4. The molecule has 3 amide bonds. The number of likely N-dealkylation sites (N-methyl/N-ethyl adjacent to an activating group) is 1. The SMILES string of the molecule is Cc1cc(C[C@H]2C(=O)N(C(=O)C[C@@H](C3CCCCC3)C(F)(F)F)[C@@H]2C(=O)N(C)c2nccn2C)cc(N)n1. The zero-order valence-electron chi connectivity index (χ0n) is 21.7. The van der Waals surface area contributed by atoms with Crippen molar-refractivity contribution in [3.63, 3.8) is 0 Å². The zero-order valence-corrected chi connectivity index (χ0v) is 21.7.